The third kappa shape index (κ3) is 3.70. The van der Waals surface area contributed by atoms with Crippen molar-refractivity contribution in [1.29, 1.82) is 0 Å². The molecule has 1 fully saturated rings. The number of anilines is 1. The second kappa shape index (κ2) is 6.57. The van der Waals surface area contributed by atoms with E-state index in [9.17, 15) is 4.79 Å². The second-order valence-corrected chi connectivity index (χ2v) is 4.88. The third-order valence-electron chi connectivity index (χ3n) is 3.36. The van der Waals surface area contributed by atoms with Crippen molar-refractivity contribution < 1.29 is 14.3 Å². The molecule has 1 aliphatic carbocycles. The summed E-state index contributed by atoms with van der Waals surface area (Å²) in [5.41, 5.74) is 1.63. The molecule has 19 heavy (non-hydrogen) atoms. The number of ether oxygens (including phenoxy) is 2. The first-order valence-corrected chi connectivity index (χ1v) is 6.79. The number of hydrogen-bond donors (Lipinski definition) is 1. The van der Waals surface area contributed by atoms with E-state index in [-0.39, 0.29) is 5.97 Å². The van der Waals surface area contributed by atoms with E-state index < -0.39 is 0 Å². The average Bonchev–Trinajstić information content (AvgIpc) is 2.40. The molecule has 0 saturated heterocycles. The number of carbonyl (C=O) groups excluding carboxylic acids is 1. The first-order valence-electron chi connectivity index (χ1n) is 6.79. The van der Waals surface area contributed by atoms with Gasteiger partial charge in [-0.15, -0.1) is 0 Å². The van der Waals surface area contributed by atoms with Crippen molar-refractivity contribution in [1.82, 2.24) is 0 Å². The Balaban J connectivity index is 1.83. The van der Waals surface area contributed by atoms with Gasteiger partial charge in [0.2, 0.25) is 0 Å². The van der Waals surface area contributed by atoms with Crippen LogP contribution in [-0.2, 0) is 9.47 Å². The predicted molar refractivity (Wildman–Crippen MR) is 74.5 cm³/mol. The lowest BCUT2D eigenvalue weighted by Gasteiger charge is -2.35. The molecule has 4 nitrogen and oxygen atoms in total. The van der Waals surface area contributed by atoms with Gasteiger partial charge in [-0.3, -0.25) is 0 Å². The van der Waals surface area contributed by atoms with Crippen molar-refractivity contribution in [2.75, 3.05) is 19.0 Å². The smallest absolute Gasteiger partial charge is 0.338 e. The van der Waals surface area contributed by atoms with Crippen LogP contribution in [0, 0.1) is 0 Å². The van der Waals surface area contributed by atoms with Crippen LogP contribution in [-0.4, -0.2) is 31.8 Å². The fraction of sp³-hybridized carbons (Fsp3) is 0.533. The lowest BCUT2D eigenvalue weighted by Crippen LogP contribution is -2.40. The van der Waals surface area contributed by atoms with E-state index in [1.54, 1.807) is 19.2 Å². The van der Waals surface area contributed by atoms with Gasteiger partial charge in [0, 0.05) is 18.8 Å². The quantitative estimate of drug-likeness (QED) is 0.802. The minimum atomic E-state index is -0.253. The summed E-state index contributed by atoms with van der Waals surface area (Å²) in [6, 6.07) is 7.91. The van der Waals surface area contributed by atoms with Crippen LogP contribution in [0.25, 0.3) is 0 Å². The summed E-state index contributed by atoms with van der Waals surface area (Å²) in [5, 5.41) is 3.42. The van der Waals surface area contributed by atoms with Crippen LogP contribution in [0.15, 0.2) is 24.3 Å². The summed E-state index contributed by atoms with van der Waals surface area (Å²) < 4.78 is 10.3. The Labute approximate surface area is 114 Å². The van der Waals surface area contributed by atoms with Gasteiger partial charge in [0.1, 0.15) is 0 Å². The van der Waals surface area contributed by atoms with Gasteiger partial charge in [0.05, 0.1) is 18.3 Å². The summed E-state index contributed by atoms with van der Waals surface area (Å²) in [6.45, 7) is 2.45. The van der Waals surface area contributed by atoms with Crippen molar-refractivity contribution in [2.45, 2.75) is 38.3 Å². The van der Waals surface area contributed by atoms with Crippen molar-refractivity contribution in [2.24, 2.45) is 0 Å². The Kier molecular flexibility index (Phi) is 4.80. The molecule has 4 heteroatoms. The Bertz CT molecular complexity index is 410. The van der Waals surface area contributed by atoms with Gasteiger partial charge in [-0.1, -0.05) is 6.92 Å². The molecular formula is C15H21NO3. The monoisotopic (exact) mass is 263 g/mol. The molecule has 1 aliphatic rings. The fourth-order valence-corrected chi connectivity index (χ4v) is 2.09. The van der Waals surface area contributed by atoms with Crippen LogP contribution in [0.1, 0.15) is 36.5 Å². The normalized spacial score (nSPS) is 21.6. The molecule has 1 aromatic rings. The largest absolute Gasteiger partial charge is 0.462 e. The Morgan fingerprint density at radius 3 is 2.58 bits per heavy atom. The first kappa shape index (κ1) is 13.9. The third-order valence-corrected chi connectivity index (χ3v) is 3.36. The van der Waals surface area contributed by atoms with Crippen molar-refractivity contribution in [3.63, 3.8) is 0 Å². The van der Waals surface area contributed by atoms with E-state index in [0.717, 1.165) is 24.9 Å². The van der Waals surface area contributed by atoms with E-state index in [4.69, 9.17) is 9.47 Å². The van der Waals surface area contributed by atoms with Crippen LogP contribution in [0.2, 0.25) is 0 Å². The number of methoxy groups -OCH3 is 1. The number of hydrogen-bond acceptors (Lipinski definition) is 4. The van der Waals surface area contributed by atoms with E-state index in [0.29, 0.717) is 24.3 Å². The van der Waals surface area contributed by atoms with E-state index in [1.807, 2.05) is 19.1 Å². The lowest BCUT2D eigenvalue weighted by atomic mass is 9.89. The average molecular weight is 263 g/mol. The van der Waals surface area contributed by atoms with E-state index in [2.05, 4.69) is 5.32 Å². The zero-order valence-corrected chi connectivity index (χ0v) is 11.5. The zero-order chi connectivity index (χ0) is 13.7. The van der Waals surface area contributed by atoms with Gasteiger partial charge in [0.25, 0.3) is 0 Å². The molecule has 0 bridgehead atoms. The van der Waals surface area contributed by atoms with Gasteiger partial charge < -0.3 is 14.8 Å². The highest BCUT2D eigenvalue weighted by Gasteiger charge is 2.28. The molecule has 0 aromatic heterocycles. The molecule has 0 amide bonds. The first-order chi connectivity index (χ1) is 9.22. The van der Waals surface area contributed by atoms with Crippen LogP contribution in [0.5, 0.6) is 0 Å². The Hall–Kier alpha value is -1.55. The molecule has 1 N–H and O–H groups in total. The molecule has 0 atom stereocenters. The molecule has 0 heterocycles. The molecule has 104 valence electrons. The van der Waals surface area contributed by atoms with Gasteiger partial charge in [-0.05, 0) is 43.5 Å². The van der Waals surface area contributed by atoms with Crippen molar-refractivity contribution >= 4 is 11.7 Å². The predicted octanol–water partition coefficient (Wildman–Crippen LogP) is 2.84. The number of esters is 1. The maximum Gasteiger partial charge on any atom is 0.338 e. The maximum atomic E-state index is 11.6. The molecular weight excluding hydrogens is 242 g/mol. The number of rotatable bonds is 6. The number of carbonyl (C=O) groups is 1. The summed E-state index contributed by atoms with van der Waals surface area (Å²) in [6.07, 6.45) is 3.31. The lowest BCUT2D eigenvalue weighted by molar-refractivity contribution is 0.0329. The molecule has 0 aliphatic heterocycles. The van der Waals surface area contributed by atoms with Gasteiger partial charge in [0.15, 0.2) is 0 Å². The summed E-state index contributed by atoms with van der Waals surface area (Å²) >= 11 is 0. The minimum Gasteiger partial charge on any atom is -0.462 e. The second-order valence-electron chi connectivity index (χ2n) is 4.88. The molecule has 1 saturated carbocycles. The maximum absolute atomic E-state index is 11.6. The SMILES string of the molecule is CCCOC(=O)c1ccc(NC2CC(OC)C2)cc1. The van der Waals surface area contributed by atoms with Crippen molar-refractivity contribution in [3.8, 4) is 0 Å². The Morgan fingerprint density at radius 2 is 2.00 bits per heavy atom. The van der Waals surface area contributed by atoms with Gasteiger partial charge >= 0.3 is 5.97 Å². The van der Waals surface area contributed by atoms with Gasteiger partial charge in [-0.25, -0.2) is 4.79 Å². The standard InChI is InChI=1S/C15H21NO3/c1-3-8-19-15(17)11-4-6-12(7-5-11)16-13-9-14(10-13)18-2/h4-7,13-14,16H,3,8-10H2,1-2H3. The van der Waals surface area contributed by atoms with Gasteiger partial charge in [-0.2, -0.15) is 0 Å². The van der Waals surface area contributed by atoms with E-state index in [1.165, 1.54) is 0 Å². The fourth-order valence-electron chi connectivity index (χ4n) is 2.09. The highest BCUT2D eigenvalue weighted by Crippen LogP contribution is 2.26. The van der Waals surface area contributed by atoms with Crippen LogP contribution in [0.4, 0.5) is 5.69 Å². The summed E-state index contributed by atoms with van der Waals surface area (Å²) in [5.74, 6) is -0.253. The molecule has 0 radical (unpaired) electrons. The molecule has 0 spiro atoms. The zero-order valence-electron chi connectivity index (χ0n) is 11.5. The van der Waals surface area contributed by atoms with Crippen LogP contribution >= 0.6 is 0 Å². The molecule has 1 aromatic carbocycles. The van der Waals surface area contributed by atoms with Crippen molar-refractivity contribution in [3.05, 3.63) is 29.8 Å². The van der Waals surface area contributed by atoms with Crippen LogP contribution in [0.3, 0.4) is 0 Å². The summed E-state index contributed by atoms with van der Waals surface area (Å²) in [7, 11) is 1.75. The topological polar surface area (TPSA) is 47.6 Å². The van der Waals surface area contributed by atoms with Crippen LogP contribution < -0.4 is 5.32 Å². The number of benzene rings is 1. The number of nitrogens with one attached hydrogen (secondary N) is 1. The van der Waals surface area contributed by atoms with E-state index >= 15 is 0 Å². The highest BCUT2D eigenvalue weighted by atomic mass is 16.5. The molecule has 0 unspecified atom stereocenters. The highest BCUT2D eigenvalue weighted by molar-refractivity contribution is 5.89. The minimum absolute atomic E-state index is 0.253. The Morgan fingerprint density at radius 1 is 1.32 bits per heavy atom. The summed E-state index contributed by atoms with van der Waals surface area (Å²) in [4.78, 5) is 11.6. The molecule has 2 rings (SSSR count).